The summed E-state index contributed by atoms with van der Waals surface area (Å²) in [5.74, 6) is 0.844. The van der Waals surface area contributed by atoms with Crippen LogP contribution in [0.1, 0.15) is 13.3 Å². The summed E-state index contributed by atoms with van der Waals surface area (Å²) < 4.78 is 23.6. The predicted molar refractivity (Wildman–Crippen MR) is 78.9 cm³/mol. The molecule has 1 N–H and O–H groups in total. The number of hydrogen-bond acceptors (Lipinski definition) is 4. The van der Waals surface area contributed by atoms with Gasteiger partial charge in [-0.05, 0) is 43.1 Å². The third kappa shape index (κ3) is 5.61. The number of aliphatic hydroxyl groups excluding tert-OH is 1. The largest absolute Gasteiger partial charge is 0.491 e. The Bertz CT molecular complexity index is 406. The fraction of sp³-hybridized carbons (Fsp3) is 0.625. The molecule has 0 unspecified atom stereocenters. The standard InChI is InChI=1S/C16H24FNO3/c1-2-18(9-13-7-8-20-11-13)10-15(19)12-21-16-5-3-14(17)4-6-16/h3-6,13,15,19H,2,7-12H2,1H3/t13-,15+/m1/s1. The average molecular weight is 297 g/mol. The van der Waals surface area contributed by atoms with E-state index in [9.17, 15) is 9.50 Å². The Morgan fingerprint density at radius 1 is 1.43 bits per heavy atom. The van der Waals surface area contributed by atoms with E-state index in [-0.39, 0.29) is 12.4 Å². The first kappa shape index (κ1) is 16.2. The van der Waals surface area contributed by atoms with E-state index in [2.05, 4.69) is 11.8 Å². The lowest BCUT2D eigenvalue weighted by atomic mass is 10.1. The van der Waals surface area contributed by atoms with Gasteiger partial charge >= 0.3 is 0 Å². The van der Waals surface area contributed by atoms with E-state index < -0.39 is 6.10 Å². The zero-order valence-corrected chi connectivity index (χ0v) is 12.5. The maximum Gasteiger partial charge on any atom is 0.123 e. The van der Waals surface area contributed by atoms with Gasteiger partial charge in [0, 0.05) is 19.7 Å². The van der Waals surface area contributed by atoms with Crippen molar-refractivity contribution in [2.75, 3.05) is 39.5 Å². The lowest BCUT2D eigenvalue weighted by Crippen LogP contribution is -2.38. The summed E-state index contributed by atoms with van der Waals surface area (Å²) in [6.07, 6.45) is 0.538. The minimum atomic E-state index is -0.558. The Morgan fingerprint density at radius 2 is 2.19 bits per heavy atom. The van der Waals surface area contributed by atoms with Crippen LogP contribution in [0.4, 0.5) is 4.39 Å². The van der Waals surface area contributed by atoms with Crippen LogP contribution in [-0.2, 0) is 4.74 Å². The maximum atomic E-state index is 12.8. The molecule has 0 aromatic heterocycles. The number of rotatable bonds is 8. The van der Waals surface area contributed by atoms with E-state index in [1.54, 1.807) is 12.1 Å². The van der Waals surface area contributed by atoms with E-state index in [0.29, 0.717) is 18.2 Å². The van der Waals surface area contributed by atoms with Crippen LogP contribution in [0.15, 0.2) is 24.3 Å². The molecule has 4 nitrogen and oxygen atoms in total. The molecule has 5 heteroatoms. The first-order chi connectivity index (χ1) is 10.2. The highest BCUT2D eigenvalue weighted by Gasteiger charge is 2.20. The lowest BCUT2D eigenvalue weighted by Gasteiger charge is -2.25. The van der Waals surface area contributed by atoms with Gasteiger partial charge in [0.2, 0.25) is 0 Å². The Morgan fingerprint density at radius 3 is 2.81 bits per heavy atom. The van der Waals surface area contributed by atoms with Crippen molar-refractivity contribution in [3.05, 3.63) is 30.1 Å². The summed E-state index contributed by atoms with van der Waals surface area (Å²) in [6, 6.07) is 5.82. The number of halogens is 1. The molecule has 1 saturated heterocycles. The minimum Gasteiger partial charge on any atom is -0.491 e. The van der Waals surface area contributed by atoms with Crippen molar-refractivity contribution in [2.45, 2.75) is 19.4 Å². The first-order valence-electron chi connectivity index (χ1n) is 7.54. The topological polar surface area (TPSA) is 41.9 Å². The highest BCUT2D eigenvalue weighted by Crippen LogP contribution is 2.15. The summed E-state index contributed by atoms with van der Waals surface area (Å²) in [4.78, 5) is 2.22. The van der Waals surface area contributed by atoms with Crippen molar-refractivity contribution in [3.63, 3.8) is 0 Å². The first-order valence-corrected chi connectivity index (χ1v) is 7.54. The molecular weight excluding hydrogens is 273 g/mol. The monoisotopic (exact) mass is 297 g/mol. The van der Waals surface area contributed by atoms with Crippen molar-refractivity contribution in [1.29, 1.82) is 0 Å². The van der Waals surface area contributed by atoms with Gasteiger partial charge in [-0.2, -0.15) is 0 Å². The van der Waals surface area contributed by atoms with Gasteiger partial charge < -0.3 is 19.5 Å². The van der Waals surface area contributed by atoms with Gasteiger partial charge in [0.25, 0.3) is 0 Å². The van der Waals surface area contributed by atoms with Crippen molar-refractivity contribution < 1.29 is 19.0 Å². The molecule has 2 rings (SSSR count). The van der Waals surface area contributed by atoms with Gasteiger partial charge in [0.1, 0.15) is 24.3 Å². The zero-order valence-electron chi connectivity index (χ0n) is 12.5. The Labute approximate surface area is 125 Å². The van der Waals surface area contributed by atoms with Crippen LogP contribution in [0.3, 0.4) is 0 Å². The Hall–Kier alpha value is -1.17. The molecule has 1 heterocycles. The van der Waals surface area contributed by atoms with E-state index in [0.717, 1.165) is 32.7 Å². The van der Waals surface area contributed by atoms with Crippen molar-refractivity contribution in [3.8, 4) is 5.75 Å². The Balaban J connectivity index is 1.71. The molecule has 0 spiro atoms. The summed E-state index contributed by atoms with van der Waals surface area (Å²) in [5.41, 5.74) is 0. The number of aliphatic hydroxyl groups is 1. The van der Waals surface area contributed by atoms with Crippen molar-refractivity contribution >= 4 is 0 Å². The van der Waals surface area contributed by atoms with Gasteiger partial charge in [-0.15, -0.1) is 0 Å². The molecule has 21 heavy (non-hydrogen) atoms. The molecule has 2 atom stereocenters. The number of hydrogen-bond donors (Lipinski definition) is 1. The van der Waals surface area contributed by atoms with Gasteiger partial charge in [0.15, 0.2) is 0 Å². The zero-order chi connectivity index (χ0) is 15.1. The molecule has 0 amide bonds. The molecule has 0 radical (unpaired) electrons. The second-order valence-corrected chi connectivity index (χ2v) is 5.50. The number of likely N-dealkylation sites (N-methyl/N-ethyl adjacent to an activating group) is 1. The second-order valence-electron chi connectivity index (χ2n) is 5.50. The van der Waals surface area contributed by atoms with Gasteiger partial charge in [0.05, 0.1) is 6.61 Å². The molecule has 0 aliphatic carbocycles. The van der Waals surface area contributed by atoms with Crippen LogP contribution >= 0.6 is 0 Å². The van der Waals surface area contributed by atoms with Gasteiger partial charge in [-0.25, -0.2) is 4.39 Å². The van der Waals surface area contributed by atoms with E-state index in [1.165, 1.54) is 12.1 Å². The van der Waals surface area contributed by atoms with E-state index in [1.807, 2.05) is 0 Å². The molecule has 0 bridgehead atoms. The third-order valence-corrected chi connectivity index (χ3v) is 3.71. The molecule has 1 aromatic carbocycles. The van der Waals surface area contributed by atoms with Crippen LogP contribution in [0.5, 0.6) is 5.75 Å². The fourth-order valence-electron chi connectivity index (χ4n) is 2.50. The average Bonchev–Trinajstić information content (AvgIpc) is 2.99. The summed E-state index contributed by atoms with van der Waals surface area (Å²) in [6.45, 7) is 6.38. The highest BCUT2D eigenvalue weighted by atomic mass is 19.1. The maximum absolute atomic E-state index is 12.8. The molecule has 118 valence electrons. The predicted octanol–water partition coefficient (Wildman–Crippen LogP) is 1.92. The van der Waals surface area contributed by atoms with E-state index >= 15 is 0 Å². The number of nitrogens with zero attached hydrogens (tertiary/aromatic N) is 1. The normalized spacial score (nSPS) is 19.9. The summed E-state index contributed by atoms with van der Waals surface area (Å²) in [7, 11) is 0. The SMILES string of the molecule is CCN(C[C@H](O)COc1ccc(F)cc1)C[C@H]1CCOC1. The third-order valence-electron chi connectivity index (χ3n) is 3.71. The van der Waals surface area contributed by atoms with Gasteiger partial charge in [-0.1, -0.05) is 6.92 Å². The smallest absolute Gasteiger partial charge is 0.123 e. The van der Waals surface area contributed by atoms with Crippen LogP contribution in [0.2, 0.25) is 0 Å². The second kappa shape index (κ2) is 8.32. The Kier molecular flexibility index (Phi) is 6.42. The fourth-order valence-corrected chi connectivity index (χ4v) is 2.50. The quantitative estimate of drug-likeness (QED) is 0.796. The summed E-state index contributed by atoms with van der Waals surface area (Å²) >= 11 is 0. The molecule has 1 aromatic rings. The molecule has 1 fully saturated rings. The van der Waals surface area contributed by atoms with E-state index in [4.69, 9.17) is 9.47 Å². The lowest BCUT2D eigenvalue weighted by molar-refractivity contribution is 0.0631. The van der Waals surface area contributed by atoms with Crippen molar-refractivity contribution in [1.82, 2.24) is 4.90 Å². The molecule has 1 aliphatic rings. The highest BCUT2D eigenvalue weighted by molar-refractivity contribution is 5.22. The summed E-state index contributed by atoms with van der Waals surface area (Å²) in [5, 5.41) is 10.1. The van der Waals surface area contributed by atoms with Crippen LogP contribution in [0, 0.1) is 11.7 Å². The van der Waals surface area contributed by atoms with Crippen LogP contribution in [-0.4, -0.2) is 55.6 Å². The number of benzene rings is 1. The minimum absolute atomic E-state index is 0.212. The number of ether oxygens (including phenoxy) is 2. The molecular formula is C16H24FNO3. The van der Waals surface area contributed by atoms with Crippen LogP contribution < -0.4 is 4.74 Å². The molecule has 1 aliphatic heterocycles. The van der Waals surface area contributed by atoms with Crippen LogP contribution in [0.25, 0.3) is 0 Å². The van der Waals surface area contributed by atoms with Crippen molar-refractivity contribution in [2.24, 2.45) is 5.92 Å². The molecule has 0 saturated carbocycles. The van der Waals surface area contributed by atoms with Gasteiger partial charge in [-0.3, -0.25) is 0 Å².